The van der Waals surface area contributed by atoms with Crippen molar-refractivity contribution in [3.05, 3.63) is 184 Å². The number of fused-ring (bicyclic) bond motifs is 4. The van der Waals surface area contributed by atoms with Gasteiger partial charge >= 0.3 is 17.9 Å². The molecule has 14 atom stereocenters. The molecule has 0 saturated carbocycles. The molecule has 20 rings (SSSR count). The van der Waals surface area contributed by atoms with Crippen LogP contribution in [0.3, 0.4) is 0 Å². The number of hydrogen-bond acceptors (Lipinski definition) is 25. The van der Waals surface area contributed by atoms with E-state index in [0.717, 1.165) is 261 Å². The molecule has 8 fully saturated rings. The number of aliphatic carboxylic acids is 3. The van der Waals surface area contributed by atoms with Crippen LogP contribution in [0.25, 0.3) is 44.7 Å². The van der Waals surface area contributed by atoms with Gasteiger partial charge in [0.15, 0.2) is 28.3 Å². The molecule has 0 bridgehead atoms. The van der Waals surface area contributed by atoms with Crippen LogP contribution in [0.15, 0.2) is 97.6 Å². The van der Waals surface area contributed by atoms with Gasteiger partial charge in [0.2, 0.25) is 5.91 Å². The van der Waals surface area contributed by atoms with Crippen LogP contribution in [-0.2, 0) is 19.2 Å². The van der Waals surface area contributed by atoms with Gasteiger partial charge in [-0.15, -0.1) is 0 Å². The molecular weight excluding hydrogens is 2030 g/mol. The Balaban J connectivity index is 0.000000135. The summed E-state index contributed by atoms with van der Waals surface area (Å²) >= 11 is 43.8. The molecule has 12 aromatic rings. The van der Waals surface area contributed by atoms with Crippen molar-refractivity contribution >= 4 is 173 Å². The Morgan fingerprint density at radius 3 is 1.13 bits per heavy atom. The third kappa shape index (κ3) is 24.5. The van der Waals surface area contributed by atoms with E-state index >= 15 is 0 Å². The smallest absolute Gasteiger partial charge is 0.303 e. The highest BCUT2D eigenvalue weighted by Crippen LogP contribution is 2.43. The zero-order valence-corrected chi connectivity index (χ0v) is 90.8. The number of primary amides is 1. The normalized spacial score (nSPS) is 22.7. The summed E-state index contributed by atoms with van der Waals surface area (Å²) in [4.78, 5) is 103. The summed E-state index contributed by atoms with van der Waals surface area (Å²) in [5.41, 5.74) is 16.7. The van der Waals surface area contributed by atoms with Crippen molar-refractivity contribution in [2.45, 2.75) is 289 Å². The van der Waals surface area contributed by atoms with Crippen molar-refractivity contribution in [1.82, 2.24) is 98.6 Å². The molecule has 5 N–H and O–H groups in total. The molecular formula is C107H132Cl7FN26O7. The number of nitrogens with zero attached hydrogens (tertiary/aromatic N) is 25. The molecule has 0 radical (unpaired) electrons. The van der Waals surface area contributed by atoms with Crippen molar-refractivity contribution in [1.29, 1.82) is 5.26 Å². The van der Waals surface area contributed by atoms with E-state index in [2.05, 4.69) is 95.1 Å². The number of likely N-dealkylation sites (tertiary alicyclic amines) is 4. The van der Waals surface area contributed by atoms with Crippen molar-refractivity contribution in [2.75, 3.05) is 91.6 Å². The monoisotopic (exact) mass is 2160 g/mol. The number of hydrogen-bond donors (Lipinski definition) is 4. The van der Waals surface area contributed by atoms with Gasteiger partial charge in [-0.1, -0.05) is 119 Å². The third-order valence-corrected chi connectivity index (χ3v) is 33.8. The van der Waals surface area contributed by atoms with Crippen LogP contribution >= 0.6 is 81.2 Å². The number of nitrogens with two attached hydrogens (primary N) is 1. The Hall–Kier alpha value is -10.6. The molecule has 16 heterocycles. The maximum Gasteiger partial charge on any atom is 0.303 e. The minimum Gasteiger partial charge on any atom is -0.481 e. The summed E-state index contributed by atoms with van der Waals surface area (Å²) in [6.07, 6.45) is 26.7. The first-order valence-electron chi connectivity index (χ1n) is 52.1. The minimum absolute atomic E-state index is 0.126. The molecule has 33 nitrogen and oxygen atoms in total. The number of halogens is 8. The second kappa shape index (κ2) is 48.0. The topological polar surface area (TPSA) is 379 Å². The summed E-state index contributed by atoms with van der Waals surface area (Å²) in [5, 5.41) is 59.6. The van der Waals surface area contributed by atoms with Gasteiger partial charge in [-0.05, 0) is 274 Å². The quantitative estimate of drug-likeness (QED) is 0.0354. The number of carbonyl (C=O) groups is 4. The summed E-state index contributed by atoms with van der Waals surface area (Å²) in [6.45, 7) is 30.9. The lowest BCUT2D eigenvalue weighted by Gasteiger charge is -2.43. The first kappa shape index (κ1) is 109. The van der Waals surface area contributed by atoms with Crippen LogP contribution < -0.4 is 25.3 Å². The van der Waals surface area contributed by atoms with E-state index in [4.69, 9.17) is 147 Å². The van der Waals surface area contributed by atoms with Crippen LogP contribution in [0.2, 0.25) is 35.2 Å². The second-order valence-corrected chi connectivity index (χ2v) is 44.4. The van der Waals surface area contributed by atoms with Crippen LogP contribution in [-0.4, -0.2) is 264 Å². The van der Waals surface area contributed by atoms with Gasteiger partial charge in [0.1, 0.15) is 57.2 Å². The maximum atomic E-state index is 14.7. The number of anilines is 4. The fourth-order valence-corrected chi connectivity index (χ4v) is 26.1. The van der Waals surface area contributed by atoms with E-state index < -0.39 is 17.9 Å². The number of carbonyl (C=O) groups excluding carboxylic acids is 1. The molecule has 4 aromatic carbocycles. The van der Waals surface area contributed by atoms with Gasteiger partial charge in [-0.3, -0.25) is 38.8 Å². The van der Waals surface area contributed by atoms with Crippen molar-refractivity contribution in [2.24, 2.45) is 17.6 Å². The predicted molar refractivity (Wildman–Crippen MR) is 579 cm³/mol. The molecule has 8 aliphatic rings. The largest absolute Gasteiger partial charge is 0.481 e. The van der Waals surface area contributed by atoms with Crippen molar-refractivity contribution < 1.29 is 38.9 Å². The SMILES string of the molecule is CC1CN(c2cnc3c(C#N)nn(C(C)c4ccc(Cl)cc4Cl)c3n2)CCC1N1CCCC1CCC(N)=O.Cc1nn(C(C)c2ccc(Cl)cc2Cl)c2nc(N3CCC(N4CCCC4CCC(=O)O)CC3)cnc12.Cc1nn(C(C)c2ccc(Cl)cc2Cl)c2nc(N3CCC(N4CCCC4CCC(=O)O)CC3C)cnc12.Cc1nn(C(C)c2ccc(Cl)cc2F)c2nc(N3CCC(N4CCCC4CCC(=O)O)C(C)C3)cnc12. The molecule has 8 aromatic heterocycles. The first-order valence-corrected chi connectivity index (χ1v) is 54.8. The average Bonchev–Trinajstić information content (AvgIpc) is 1.62. The number of amides is 1. The van der Waals surface area contributed by atoms with Gasteiger partial charge in [0.05, 0.1) is 66.0 Å². The second-order valence-electron chi connectivity index (χ2n) is 41.4. The number of aryl methyl sites for hydroxylation is 3. The van der Waals surface area contributed by atoms with Crippen LogP contribution in [0.5, 0.6) is 0 Å². The van der Waals surface area contributed by atoms with E-state index in [-0.39, 0.29) is 60.8 Å². The van der Waals surface area contributed by atoms with Gasteiger partial charge in [0, 0.05) is 167 Å². The number of rotatable bonds is 28. The van der Waals surface area contributed by atoms with Crippen molar-refractivity contribution in [3.8, 4) is 6.07 Å². The standard InChI is InChI=1S/C27H32Cl2N8O.C27H34Cl2N6O2.C27H34ClFN6O2.C26H32Cl2N6O2/c1-16-15-35(11-9-23(16)36-10-3-4-19(36)6-8-24(31)38)25-14-32-26-22(13-30)34-37(27(26)33-25)17(2)20-7-5-18(28)12-21(20)29;1-16-13-21(34-11-4-5-20(34)7-9-25(36)37)10-12-33(16)24-15-30-26-17(2)32-35(27(26)31-24)18(3)22-8-6-19(28)14-23(22)29;1-16-15-33(12-10-23(16)34-11-4-5-20(34)7-9-25(36)37)24-14-30-26-17(2)32-35(27(26)31-24)18(3)21-8-6-19(28)13-22(21)29;1-16-25-26(34(31-16)17(2)21-7-5-18(27)14-22(21)28)30-23(15-29-25)32-12-9-20(10-13-32)33-11-3-4-19(33)6-8-24(35)36/h5,7,12,14,16-17,19,23H,3-4,6,8-11,15H2,1-2H3,(H2,31,38);6,8,14-16,18,20-21H,4-5,7,9-13H2,1-3H3,(H,36,37);6,8,13-14,16,18,20,23H,4-5,7,9-12,15H2,1-3H3,(H,36,37);5,7,14-15,17,19-20H,3-4,6,8-13H2,1-2H3,(H,35,36). The number of aromatic nitrogens is 16. The molecule has 8 saturated heterocycles. The lowest BCUT2D eigenvalue weighted by Crippen LogP contribution is -2.52. The van der Waals surface area contributed by atoms with Crippen LogP contribution in [0.4, 0.5) is 27.7 Å². The summed E-state index contributed by atoms with van der Waals surface area (Å²) in [6, 6.07) is 26.1. The number of carboxylic acid groups (broad SMARTS) is 3. The number of carboxylic acids is 3. The Morgan fingerprint density at radius 1 is 0.412 bits per heavy atom. The van der Waals surface area contributed by atoms with Gasteiger partial charge < -0.3 is 40.7 Å². The molecule has 8 aliphatic heterocycles. The molecule has 788 valence electrons. The summed E-state index contributed by atoms with van der Waals surface area (Å²) in [5.74, 6) is 1.40. The lowest BCUT2D eigenvalue weighted by molar-refractivity contribution is -0.138. The highest BCUT2D eigenvalue weighted by molar-refractivity contribution is 6.36. The molecule has 0 aliphatic carbocycles. The molecule has 1 amide bonds. The highest BCUT2D eigenvalue weighted by Gasteiger charge is 2.43. The Morgan fingerprint density at radius 2 is 0.743 bits per heavy atom. The molecule has 14 unspecified atom stereocenters. The summed E-state index contributed by atoms with van der Waals surface area (Å²) < 4.78 is 22.0. The van der Waals surface area contributed by atoms with E-state index in [1.54, 1.807) is 52.0 Å². The minimum atomic E-state index is -0.716. The third-order valence-electron chi connectivity index (χ3n) is 31.9. The molecule has 0 spiro atoms. The lowest BCUT2D eigenvalue weighted by atomic mass is 9.91. The van der Waals surface area contributed by atoms with Crippen LogP contribution in [0, 0.1) is 49.8 Å². The van der Waals surface area contributed by atoms with E-state index in [0.29, 0.717) is 136 Å². The van der Waals surface area contributed by atoms with Gasteiger partial charge in [0.25, 0.3) is 0 Å². The Labute approximate surface area is 897 Å². The molecule has 148 heavy (non-hydrogen) atoms. The van der Waals surface area contributed by atoms with E-state index in [1.807, 2.05) is 92.9 Å². The Bertz CT molecular complexity index is 6840. The molecule has 41 heteroatoms. The first-order chi connectivity index (χ1) is 71.0. The zero-order valence-electron chi connectivity index (χ0n) is 85.5. The number of benzene rings is 4. The van der Waals surface area contributed by atoms with Gasteiger partial charge in [-0.2, -0.15) is 25.7 Å². The predicted octanol–water partition coefficient (Wildman–Crippen LogP) is 20.7. The number of nitriles is 1. The summed E-state index contributed by atoms with van der Waals surface area (Å²) in [7, 11) is 0. The van der Waals surface area contributed by atoms with E-state index in [9.17, 15) is 28.8 Å². The van der Waals surface area contributed by atoms with E-state index in [1.165, 1.54) is 12.5 Å². The van der Waals surface area contributed by atoms with Crippen LogP contribution in [0.1, 0.15) is 259 Å². The van der Waals surface area contributed by atoms with Crippen molar-refractivity contribution in [3.63, 3.8) is 0 Å². The number of piperidine rings is 4. The average molecular weight is 2160 g/mol. The van der Waals surface area contributed by atoms with Gasteiger partial charge in [-0.25, -0.2) is 63.0 Å². The fourth-order valence-electron chi connectivity index (χ4n) is 24.2. The maximum absolute atomic E-state index is 14.7. The zero-order chi connectivity index (χ0) is 105. The fraction of sp³-hybridized carbons (Fsp3) is 0.542. The Kier molecular flexibility index (Phi) is 35.2. The highest BCUT2D eigenvalue weighted by atomic mass is 35.5.